The molecule has 0 amide bonds. The zero-order valence-electron chi connectivity index (χ0n) is 14.3. The Balaban J connectivity index is 1.75. The normalized spacial score (nSPS) is 27.2. The molecule has 0 N–H and O–H groups in total. The minimum absolute atomic E-state index is 0.315. The molecule has 130 valence electrons. The van der Waals surface area contributed by atoms with Crippen LogP contribution >= 0.6 is 23.2 Å². The topological polar surface area (TPSA) is 12.5 Å². The number of likely N-dealkylation sites (N-methyl/N-ethyl adjacent to an activating group) is 1. The van der Waals surface area contributed by atoms with Crippen molar-refractivity contribution in [3.05, 3.63) is 33.3 Å². The van der Waals surface area contributed by atoms with Crippen LogP contribution in [0.5, 0.6) is 5.75 Å². The summed E-state index contributed by atoms with van der Waals surface area (Å²) in [4.78, 5) is 2.52. The first-order valence-corrected chi connectivity index (χ1v) is 9.98. The lowest BCUT2D eigenvalue weighted by atomic mass is 9.80. The lowest BCUT2D eigenvalue weighted by molar-refractivity contribution is -0.0872. The predicted molar refractivity (Wildman–Crippen MR) is 101 cm³/mol. The third kappa shape index (κ3) is 2.77. The van der Waals surface area contributed by atoms with Gasteiger partial charge in [-0.15, -0.1) is 0 Å². The van der Waals surface area contributed by atoms with Crippen molar-refractivity contribution in [2.45, 2.75) is 69.6 Å². The molecule has 0 saturated heterocycles. The van der Waals surface area contributed by atoms with Crippen LogP contribution in [0.1, 0.15) is 63.4 Å². The van der Waals surface area contributed by atoms with E-state index in [0.29, 0.717) is 16.1 Å². The van der Waals surface area contributed by atoms with Gasteiger partial charge in [0.25, 0.3) is 0 Å². The highest BCUT2D eigenvalue weighted by Crippen LogP contribution is 2.49. The smallest absolute Gasteiger partial charge is 0.186 e. The van der Waals surface area contributed by atoms with Gasteiger partial charge in [0.15, 0.2) is 5.72 Å². The van der Waals surface area contributed by atoms with Gasteiger partial charge in [-0.1, -0.05) is 42.5 Å². The molecule has 1 aromatic rings. The Morgan fingerprint density at radius 2 is 1.88 bits per heavy atom. The first-order valence-electron chi connectivity index (χ1n) is 9.22. The third-order valence-electron chi connectivity index (χ3n) is 6.04. The van der Waals surface area contributed by atoms with Crippen LogP contribution < -0.4 is 4.74 Å². The van der Waals surface area contributed by atoms with Crippen molar-refractivity contribution in [2.75, 3.05) is 7.05 Å². The van der Waals surface area contributed by atoms with Gasteiger partial charge < -0.3 is 4.74 Å². The molecule has 3 aliphatic rings. The summed E-state index contributed by atoms with van der Waals surface area (Å²) in [7, 11) is 2.25. The van der Waals surface area contributed by atoms with Crippen LogP contribution in [0.3, 0.4) is 0 Å². The van der Waals surface area contributed by atoms with Gasteiger partial charge in [0.2, 0.25) is 0 Å². The molecule has 24 heavy (non-hydrogen) atoms. The predicted octanol–water partition coefficient (Wildman–Crippen LogP) is 6.30. The number of halogens is 2. The fraction of sp³-hybridized carbons (Fsp3) is 0.600. The van der Waals surface area contributed by atoms with E-state index in [4.69, 9.17) is 27.9 Å². The Hall–Kier alpha value is -0.700. The quantitative estimate of drug-likeness (QED) is 0.609. The van der Waals surface area contributed by atoms with Crippen LogP contribution in [0.25, 0.3) is 6.08 Å². The molecule has 0 spiro atoms. The van der Waals surface area contributed by atoms with Gasteiger partial charge in [-0.25, -0.2) is 0 Å². The number of benzene rings is 1. The molecule has 1 atom stereocenters. The monoisotopic (exact) mass is 365 g/mol. The second kappa shape index (κ2) is 6.55. The molecule has 2 nitrogen and oxygen atoms in total. The van der Waals surface area contributed by atoms with Crippen molar-refractivity contribution in [1.29, 1.82) is 0 Å². The van der Waals surface area contributed by atoms with E-state index in [2.05, 4.69) is 18.0 Å². The fourth-order valence-corrected chi connectivity index (χ4v) is 5.28. The summed E-state index contributed by atoms with van der Waals surface area (Å²) in [6, 6.07) is 4.36. The van der Waals surface area contributed by atoms with E-state index in [1.807, 2.05) is 6.07 Å². The molecule has 4 rings (SSSR count). The van der Waals surface area contributed by atoms with E-state index in [1.54, 1.807) is 6.07 Å². The van der Waals surface area contributed by atoms with Gasteiger partial charge >= 0.3 is 0 Å². The molecule has 4 heteroatoms. The van der Waals surface area contributed by atoms with Crippen molar-refractivity contribution in [3.8, 4) is 5.75 Å². The van der Waals surface area contributed by atoms with Crippen molar-refractivity contribution in [1.82, 2.24) is 4.90 Å². The van der Waals surface area contributed by atoms with Crippen molar-refractivity contribution >= 4 is 29.3 Å². The maximum absolute atomic E-state index is 6.69. The minimum atomic E-state index is -0.315. The Bertz CT molecular complexity index is 666. The average molecular weight is 366 g/mol. The summed E-state index contributed by atoms with van der Waals surface area (Å²) in [5.41, 5.74) is 2.11. The molecule has 1 aromatic carbocycles. The van der Waals surface area contributed by atoms with Gasteiger partial charge in [-0.3, -0.25) is 4.90 Å². The highest BCUT2D eigenvalue weighted by atomic mass is 35.5. The van der Waals surface area contributed by atoms with Crippen molar-refractivity contribution in [2.24, 2.45) is 0 Å². The number of hydrogen-bond donors (Lipinski definition) is 0. The SMILES string of the molecule is CN(C1CCCCC1)C12CCCCC1=Cc1cc(Cl)cc(Cl)c1O2. The van der Waals surface area contributed by atoms with Crippen LogP contribution in [0.4, 0.5) is 0 Å². The van der Waals surface area contributed by atoms with Crippen LogP contribution in [-0.2, 0) is 0 Å². The number of nitrogens with zero attached hydrogens (tertiary/aromatic N) is 1. The van der Waals surface area contributed by atoms with Crippen LogP contribution in [-0.4, -0.2) is 23.7 Å². The first kappa shape index (κ1) is 16.8. The molecule has 2 saturated carbocycles. The van der Waals surface area contributed by atoms with Gasteiger partial charge in [0.1, 0.15) is 5.75 Å². The lowest BCUT2D eigenvalue weighted by Crippen LogP contribution is -2.58. The summed E-state index contributed by atoms with van der Waals surface area (Å²) in [6.07, 6.45) is 13.4. The number of fused-ring (bicyclic) bond motifs is 2. The van der Waals surface area contributed by atoms with E-state index in [0.717, 1.165) is 24.2 Å². The molecule has 2 aliphatic carbocycles. The highest BCUT2D eigenvalue weighted by Gasteiger charge is 2.47. The molecular formula is C20H25Cl2NO. The first-order chi connectivity index (χ1) is 11.6. The third-order valence-corrected chi connectivity index (χ3v) is 6.54. The lowest BCUT2D eigenvalue weighted by Gasteiger charge is -2.51. The molecule has 0 bridgehead atoms. The van der Waals surface area contributed by atoms with Gasteiger partial charge in [0, 0.05) is 23.0 Å². The molecule has 1 unspecified atom stereocenters. The zero-order chi connectivity index (χ0) is 16.7. The number of rotatable bonds is 2. The molecule has 1 aliphatic heterocycles. The molecular weight excluding hydrogens is 341 g/mol. The molecule has 0 aromatic heterocycles. The maximum Gasteiger partial charge on any atom is 0.186 e. The average Bonchev–Trinajstić information content (AvgIpc) is 2.60. The highest BCUT2D eigenvalue weighted by molar-refractivity contribution is 6.36. The molecule has 1 heterocycles. The second-order valence-corrected chi connectivity index (χ2v) is 8.32. The summed E-state index contributed by atoms with van der Waals surface area (Å²) in [5.74, 6) is 0.800. The molecule has 2 fully saturated rings. The summed E-state index contributed by atoms with van der Waals surface area (Å²) in [5, 5.41) is 1.29. The van der Waals surface area contributed by atoms with Crippen LogP contribution in [0, 0.1) is 0 Å². The number of ether oxygens (including phenoxy) is 1. The van der Waals surface area contributed by atoms with E-state index in [9.17, 15) is 0 Å². The van der Waals surface area contributed by atoms with Crippen LogP contribution in [0.15, 0.2) is 17.7 Å². The Kier molecular flexibility index (Phi) is 4.57. The minimum Gasteiger partial charge on any atom is -0.467 e. The summed E-state index contributed by atoms with van der Waals surface area (Å²) >= 11 is 12.7. The van der Waals surface area contributed by atoms with E-state index in [1.165, 1.54) is 50.5 Å². The van der Waals surface area contributed by atoms with Gasteiger partial charge in [-0.2, -0.15) is 0 Å². The van der Waals surface area contributed by atoms with E-state index >= 15 is 0 Å². The largest absolute Gasteiger partial charge is 0.467 e. The summed E-state index contributed by atoms with van der Waals surface area (Å²) in [6.45, 7) is 0. The molecule has 0 radical (unpaired) electrons. The van der Waals surface area contributed by atoms with Crippen LogP contribution in [0.2, 0.25) is 10.0 Å². The Morgan fingerprint density at radius 1 is 1.08 bits per heavy atom. The van der Waals surface area contributed by atoms with Gasteiger partial charge in [-0.05, 0) is 62.9 Å². The van der Waals surface area contributed by atoms with E-state index < -0.39 is 0 Å². The van der Waals surface area contributed by atoms with Crippen molar-refractivity contribution < 1.29 is 4.74 Å². The zero-order valence-corrected chi connectivity index (χ0v) is 15.8. The maximum atomic E-state index is 6.69. The standard InChI is InChI=1S/C20H25Cl2NO/c1-23(17-8-3-2-4-9-17)20-10-6-5-7-15(20)11-14-12-16(21)13-18(22)19(14)24-20/h11-13,17H,2-10H2,1H3. The Labute approximate surface area is 154 Å². The second-order valence-electron chi connectivity index (χ2n) is 7.47. The number of hydrogen-bond acceptors (Lipinski definition) is 2. The van der Waals surface area contributed by atoms with E-state index in [-0.39, 0.29) is 5.72 Å². The van der Waals surface area contributed by atoms with Gasteiger partial charge in [0.05, 0.1) is 5.02 Å². The fourth-order valence-electron chi connectivity index (χ4n) is 4.73. The Morgan fingerprint density at radius 3 is 2.67 bits per heavy atom. The summed E-state index contributed by atoms with van der Waals surface area (Å²) < 4.78 is 6.69. The van der Waals surface area contributed by atoms with Crippen molar-refractivity contribution in [3.63, 3.8) is 0 Å².